The summed E-state index contributed by atoms with van der Waals surface area (Å²) in [7, 11) is 0. The third-order valence-electron chi connectivity index (χ3n) is 3.40. The minimum absolute atomic E-state index is 0.100. The van der Waals surface area contributed by atoms with Crippen molar-refractivity contribution in [2.24, 2.45) is 5.73 Å². The number of thioether (sulfide) groups is 1. The normalized spacial score (nSPS) is 16.9. The van der Waals surface area contributed by atoms with Crippen LogP contribution in [0.2, 0.25) is 0 Å². The molecule has 1 unspecified atom stereocenters. The molecule has 1 aromatic heterocycles. The molecule has 0 saturated carbocycles. The maximum Gasteiger partial charge on any atom is 0.260 e. The van der Waals surface area contributed by atoms with Gasteiger partial charge in [-0.1, -0.05) is 30.4 Å². The number of benzene rings is 1. The van der Waals surface area contributed by atoms with Gasteiger partial charge in [-0.25, -0.2) is 0 Å². The summed E-state index contributed by atoms with van der Waals surface area (Å²) in [5, 5.41) is 0.381. The number of hydrogen-bond acceptors (Lipinski definition) is 3. The number of rotatable bonds is 3. The summed E-state index contributed by atoms with van der Waals surface area (Å²) in [6, 6.07) is 11.9. The molecule has 2 heterocycles. The van der Waals surface area contributed by atoms with E-state index in [2.05, 4.69) is 18.2 Å². The molecule has 0 radical (unpaired) electrons. The molecule has 102 valence electrons. The van der Waals surface area contributed by atoms with E-state index in [0.29, 0.717) is 17.4 Å². The van der Waals surface area contributed by atoms with Crippen molar-refractivity contribution in [3.8, 4) is 0 Å². The van der Waals surface area contributed by atoms with E-state index in [1.54, 1.807) is 16.8 Å². The molecule has 1 aromatic carbocycles. The summed E-state index contributed by atoms with van der Waals surface area (Å²) >= 11 is 6.74. The average Bonchev–Trinajstić information content (AvgIpc) is 2.83. The molecule has 0 aliphatic carbocycles. The Morgan fingerprint density at radius 3 is 2.90 bits per heavy atom. The van der Waals surface area contributed by atoms with E-state index in [1.165, 1.54) is 10.5 Å². The monoisotopic (exact) mass is 302 g/mol. The molecule has 0 amide bonds. The minimum atomic E-state index is -0.100. The van der Waals surface area contributed by atoms with Crippen LogP contribution in [0, 0.1) is 0 Å². The molecule has 5 heteroatoms. The van der Waals surface area contributed by atoms with Crippen LogP contribution in [0.25, 0.3) is 0 Å². The molecular weight excluding hydrogens is 288 g/mol. The van der Waals surface area contributed by atoms with Gasteiger partial charge in [0.25, 0.3) is 5.56 Å². The number of nitrogens with zero attached hydrogens (tertiary/aromatic N) is 1. The highest BCUT2D eigenvalue weighted by atomic mass is 32.2. The van der Waals surface area contributed by atoms with Crippen LogP contribution in [0.3, 0.4) is 0 Å². The van der Waals surface area contributed by atoms with E-state index >= 15 is 0 Å². The molecule has 0 bridgehead atoms. The molecular formula is C15H14N2OS2. The van der Waals surface area contributed by atoms with Crippen molar-refractivity contribution < 1.29 is 0 Å². The third kappa shape index (κ3) is 2.51. The highest BCUT2D eigenvalue weighted by Gasteiger charge is 2.22. The van der Waals surface area contributed by atoms with Gasteiger partial charge in [0.2, 0.25) is 0 Å². The second-order valence-electron chi connectivity index (χ2n) is 4.80. The molecule has 0 spiro atoms. The standard InChI is InChI=1S/C15H14N2OS2/c16-14(19)12-5-3-7-17(15(12)18)9-11-8-10-4-1-2-6-13(10)20-11/h1-7,11H,8-9H2,(H2,16,19). The maximum atomic E-state index is 12.3. The quantitative estimate of drug-likeness (QED) is 0.883. The van der Waals surface area contributed by atoms with Crippen LogP contribution in [-0.4, -0.2) is 14.8 Å². The predicted molar refractivity (Wildman–Crippen MR) is 86.4 cm³/mol. The first-order valence-electron chi connectivity index (χ1n) is 6.39. The van der Waals surface area contributed by atoms with Gasteiger partial charge in [-0.05, 0) is 30.2 Å². The lowest BCUT2D eigenvalue weighted by Gasteiger charge is -2.12. The largest absolute Gasteiger partial charge is 0.389 e. The Morgan fingerprint density at radius 2 is 2.15 bits per heavy atom. The summed E-state index contributed by atoms with van der Waals surface area (Å²) in [5.74, 6) is 0. The van der Waals surface area contributed by atoms with Gasteiger partial charge < -0.3 is 10.3 Å². The molecule has 2 N–H and O–H groups in total. The molecule has 0 saturated heterocycles. The van der Waals surface area contributed by atoms with Crippen molar-refractivity contribution >= 4 is 29.0 Å². The second-order valence-corrected chi connectivity index (χ2v) is 6.58. The summed E-state index contributed by atoms with van der Waals surface area (Å²) in [6.45, 7) is 0.675. The lowest BCUT2D eigenvalue weighted by atomic mass is 10.1. The summed E-state index contributed by atoms with van der Waals surface area (Å²) in [6.07, 6.45) is 2.79. The first-order chi connectivity index (χ1) is 9.65. The Bertz CT molecular complexity index is 699. The molecule has 2 aromatic rings. The Hall–Kier alpha value is -1.59. The zero-order valence-electron chi connectivity index (χ0n) is 10.8. The third-order valence-corrected chi connectivity index (χ3v) is 4.92. The van der Waals surface area contributed by atoms with E-state index in [1.807, 2.05) is 23.9 Å². The van der Waals surface area contributed by atoms with Gasteiger partial charge in [-0.2, -0.15) is 0 Å². The predicted octanol–water partition coefficient (Wildman–Crippen LogP) is 2.20. The number of fused-ring (bicyclic) bond motifs is 1. The Balaban J connectivity index is 1.83. The van der Waals surface area contributed by atoms with Crippen molar-refractivity contribution in [1.82, 2.24) is 4.57 Å². The van der Waals surface area contributed by atoms with Crippen LogP contribution in [0.1, 0.15) is 11.1 Å². The van der Waals surface area contributed by atoms with Crippen molar-refractivity contribution in [2.75, 3.05) is 0 Å². The highest BCUT2D eigenvalue weighted by Crippen LogP contribution is 2.37. The van der Waals surface area contributed by atoms with Gasteiger partial charge in [0.05, 0.1) is 5.56 Å². The van der Waals surface area contributed by atoms with Gasteiger partial charge >= 0.3 is 0 Å². The Kier molecular flexibility index (Phi) is 3.63. The van der Waals surface area contributed by atoms with E-state index in [0.717, 1.165) is 6.42 Å². The number of pyridine rings is 1. The van der Waals surface area contributed by atoms with Crippen LogP contribution >= 0.6 is 24.0 Å². The van der Waals surface area contributed by atoms with Crippen molar-refractivity contribution in [2.45, 2.75) is 23.1 Å². The Labute approximate surface area is 126 Å². The molecule has 0 fully saturated rings. The van der Waals surface area contributed by atoms with E-state index in [-0.39, 0.29) is 10.5 Å². The van der Waals surface area contributed by atoms with Crippen LogP contribution in [0.4, 0.5) is 0 Å². The first kappa shape index (κ1) is 13.4. The van der Waals surface area contributed by atoms with Crippen LogP contribution in [0.15, 0.2) is 52.3 Å². The van der Waals surface area contributed by atoms with Crippen molar-refractivity contribution in [1.29, 1.82) is 0 Å². The van der Waals surface area contributed by atoms with Crippen molar-refractivity contribution in [3.05, 3.63) is 64.1 Å². The fourth-order valence-corrected chi connectivity index (χ4v) is 3.92. The van der Waals surface area contributed by atoms with Gasteiger partial charge in [-0.3, -0.25) is 4.79 Å². The molecule has 1 atom stereocenters. The number of thiocarbonyl (C=S) groups is 1. The fourth-order valence-electron chi connectivity index (χ4n) is 2.44. The van der Waals surface area contributed by atoms with Gasteiger partial charge in [0.15, 0.2) is 0 Å². The highest BCUT2D eigenvalue weighted by molar-refractivity contribution is 8.00. The molecule has 3 nitrogen and oxygen atoms in total. The Morgan fingerprint density at radius 1 is 1.35 bits per heavy atom. The molecule has 1 aliphatic rings. The van der Waals surface area contributed by atoms with E-state index in [4.69, 9.17) is 18.0 Å². The SMILES string of the molecule is NC(=S)c1cccn(CC2Cc3ccccc3S2)c1=O. The minimum Gasteiger partial charge on any atom is -0.389 e. The van der Waals surface area contributed by atoms with Crippen LogP contribution in [0.5, 0.6) is 0 Å². The zero-order chi connectivity index (χ0) is 14.1. The smallest absolute Gasteiger partial charge is 0.260 e. The lowest BCUT2D eigenvalue weighted by Crippen LogP contribution is -2.30. The van der Waals surface area contributed by atoms with E-state index in [9.17, 15) is 4.79 Å². The van der Waals surface area contributed by atoms with Gasteiger partial charge in [0.1, 0.15) is 4.99 Å². The zero-order valence-corrected chi connectivity index (χ0v) is 12.4. The average molecular weight is 302 g/mol. The van der Waals surface area contributed by atoms with Gasteiger partial charge in [0, 0.05) is 22.9 Å². The topological polar surface area (TPSA) is 48.0 Å². The van der Waals surface area contributed by atoms with Crippen LogP contribution < -0.4 is 11.3 Å². The first-order valence-corrected chi connectivity index (χ1v) is 7.68. The summed E-state index contributed by atoms with van der Waals surface area (Å²) < 4.78 is 1.71. The lowest BCUT2D eigenvalue weighted by molar-refractivity contribution is 0.641. The number of hydrogen-bond donors (Lipinski definition) is 1. The van der Waals surface area contributed by atoms with Crippen molar-refractivity contribution in [3.63, 3.8) is 0 Å². The maximum absolute atomic E-state index is 12.3. The molecule has 20 heavy (non-hydrogen) atoms. The van der Waals surface area contributed by atoms with Gasteiger partial charge in [-0.15, -0.1) is 11.8 Å². The second kappa shape index (κ2) is 5.42. The summed E-state index contributed by atoms with van der Waals surface area (Å²) in [4.78, 5) is 13.7. The number of aromatic nitrogens is 1. The summed E-state index contributed by atoms with van der Waals surface area (Å²) in [5.41, 5.74) is 7.25. The van der Waals surface area contributed by atoms with Crippen LogP contribution in [-0.2, 0) is 13.0 Å². The molecule has 1 aliphatic heterocycles. The molecule has 3 rings (SSSR count). The van der Waals surface area contributed by atoms with E-state index < -0.39 is 0 Å². The fraction of sp³-hybridized carbons (Fsp3) is 0.200. The number of nitrogens with two attached hydrogens (primary N) is 1.